The van der Waals surface area contributed by atoms with Crippen molar-refractivity contribution in [3.05, 3.63) is 0 Å². The monoisotopic (exact) mass is 201 g/mol. The molecule has 0 spiro atoms. The summed E-state index contributed by atoms with van der Waals surface area (Å²) in [6, 6.07) is 0.128. The molecule has 1 aliphatic rings. The second-order valence-corrected chi connectivity index (χ2v) is 4.23. The van der Waals surface area contributed by atoms with Crippen LogP contribution in [0.25, 0.3) is 0 Å². The summed E-state index contributed by atoms with van der Waals surface area (Å²) >= 11 is 0. The van der Waals surface area contributed by atoms with E-state index in [-0.39, 0.29) is 12.6 Å². The van der Waals surface area contributed by atoms with E-state index in [1.807, 2.05) is 0 Å². The van der Waals surface area contributed by atoms with Gasteiger partial charge in [0.2, 0.25) is 0 Å². The molecule has 0 amide bonds. The van der Waals surface area contributed by atoms with Crippen molar-refractivity contribution >= 4 is 0 Å². The Morgan fingerprint density at radius 1 is 1.29 bits per heavy atom. The maximum absolute atomic E-state index is 8.76. The van der Waals surface area contributed by atoms with Crippen molar-refractivity contribution in [3.63, 3.8) is 0 Å². The van der Waals surface area contributed by atoms with Gasteiger partial charge in [0.05, 0.1) is 0 Å². The largest absolute Gasteiger partial charge is 0.396 e. The van der Waals surface area contributed by atoms with Crippen molar-refractivity contribution in [1.82, 2.24) is 9.80 Å². The van der Waals surface area contributed by atoms with Crippen LogP contribution in [0.15, 0.2) is 0 Å². The first-order valence-electron chi connectivity index (χ1n) is 5.49. The van der Waals surface area contributed by atoms with E-state index in [9.17, 15) is 0 Å². The molecule has 1 atom stereocenters. The number of aliphatic hydroxyl groups excluding tert-OH is 1. The summed E-state index contributed by atoms with van der Waals surface area (Å²) in [5.74, 6) is 0. The summed E-state index contributed by atoms with van der Waals surface area (Å²) in [4.78, 5) is 4.77. The zero-order valence-corrected chi connectivity index (χ0v) is 9.15. The van der Waals surface area contributed by atoms with Crippen LogP contribution in [0.3, 0.4) is 0 Å². The minimum atomic E-state index is 0.128. The zero-order valence-electron chi connectivity index (χ0n) is 9.15. The molecular weight excluding hydrogens is 178 g/mol. The number of rotatable bonds is 4. The number of aliphatic hydroxyl groups is 1. The Morgan fingerprint density at radius 2 is 2.07 bits per heavy atom. The van der Waals surface area contributed by atoms with E-state index in [2.05, 4.69) is 16.8 Å². The van der Waals surface area contributed by atoms with Gasteiger partial charge in [-0.25, -0.2) is 0 Å². The van der Waals surface area contributed by atoms with E-state index in [0.717, 1.165) is 26.2 Å². The molecule has 0 aromatic heterocycles. The Bertz CT molecular complexity index is 154. The van der Waals surface area contributed by atoms with Gasteiger partial charge in [0.25, 0.3) is 0 Å². The van der Waals surface area contributed by atoms with Gasteiger partial charge in [0.15, 0.2) is 0 Å². The molecule has 1 fully saturated rings. The molecule has 0 aliphatic carbocycles. The number of nitrogens with zero attached hydrogens (tertiary/aromatic N) is 2. The highest BCUT2D eigenvalue weighted by atomic mass is 16.3. The van der Waals surface area contributed by atoms with Crippen LogP contribution in [0, 0.1) is 0 Å². The van der Waals surface area contributed by atoms with Crippen LogP contribution in [0.2, 0.25) is 0 Å². The summed E-state index contributed by atoms with van der Waals surface area (Å²) in [5.41, 5.74) is 5.89. The van der Waals surface area contributed by atoms with Gasteiger partial charge in [0.1, 0.15) is 0 Å². The van der Waals surface area contributed by atoms with E-state index < -0.39 is 0 Å². The fourth-order valence-corrected chi connectivity index (χ4v) is 1.87. The third-order valence-electron chi connectivity index (χ3n) is 2.80. The van der Waals surface area contributed by atoms with Gasteiger partial charge < -0.3 is 20.6 Å². The first-order valence-corrected chi connectivity index (χ1v) is 5.49. The molecule has 1 saturated heterocycles. The molecule has 1 heterocycles. The summed E-state index contributed by atoms with van der Waals surface area (Å²) < 4.78 is 0. The van der Waals surface area contributed by atoms with Crippen molar-refractivity contribution in [2.75, 3.05) is 46.4 Å². The Labute approximate surface area is 86.7 Å². The number of likely N-dealkylation sites (N-methyl/N-ethyl adjacent to an activating group) is 1. The highest BCUT2D eigenvalue weighted by Crippen LogP contribution is 2.02. The fraction of sp³-hybridized carbons (Fsp3) is 1.00. The predicted octanol–water partition coefficient (Wildman–Crippen LogP) is -0.666. The third-order valence-corrected chi connectivity index (χ3v) is 2.80. The van der Waals surface area contributed by atoms with Gasteiger partial charge in [-0.3, -0.25) is 0 Å². The standard InChI is InChI=1S/C10H23N3O/c1-12-4-2-5-13(7-6-12)9-10(11)3-8-14/h10,14H,2-9,11H2,1H3. The van der Waals surface area contributed by atoms with E-state index in [0.29, 0.717) is 6.42 Å². The summed E-state index contributed by atoms with van der Waals surface area (Å²) in [6.45, 7) is 5.69. The third kappa shape index (κ3) is 4.37. The molecule has 0 radical (unpaired) electrons. The van der Waals surface area contributed by atoms with Gasteiger partial charge in [-0.1, -0.05) is 0 Å². The summed E-state index contributed by atoms with van der Waals surface area (Å²) in [7, 11) is 2.16. The average molecular weight is 201 g/mol. The summed E-state index contributed by atoms with van der Waals surface area (Å²) in [6.07, 6.45) is 1.94. The van der Waals surface area contributed by atoms with Crippen LogP contribution in [0.5, 0.6) is 0 Å². The smallest absolute Gasteiger partial charge is 0.0446 e. The van der Waals surface area contributed by atoms with Crippen molar-refractivity contribution in [2.45, 2.75) is 18.9 Å². The van der Waals surface area contributed by atoms with Crippen LogP contribution in [0.4, 0.5) is 0 Å². The lowest BCUT2D eigenvalue weighted by molar-refractivity contribution is 0.227. The van der Waals surface area contributed by atoms with Crippen molar-refractivity contribution < 1.29 is 5.11 Å². The van der Waals surface area contributed by atoms with Crippen molar-refractivity contribution in [3.8, 4) is 0 Å². The van der Waals surface area contributed by atoms with Crippen LogP contribution < -0.4 is 5.73 Å². The molecular formula is C10H23N3O. The summed E-state index contributed by atoms with van der Waals surface area (Å²) in [5, 5.41) is 8.76. The zero-order chi connectivity index (χ0) is 10.4. The average Bonchev–Trinajstić information content (AvgIpc) is 2.32. The lowest BCUT2D eigenvalue weighted by Gasteiger charge is -2.23. The topological polar surface area (TPSA) is 52.7 Å². The molecule has 1 unspecified atom stereocenters. The van der Waals surface area contributed by atoms with Crippen LogP contribution in [-0.4, -0.2) is 67.3 Å². The molecule has 14 heavy (non-hydrogen) atoms. The van der Waals surface area contributed by atoms with E-state index in [1.54, 1.807) is 0 Å². The lowest BCUT2D eigenvalue weighted by Crippen LogP contribution is -2.39. The molecule has 0 aromatic carbocycles. The molecule has 0 aromatic rings. The van der Waals surface area contributed by atoms with E-state index in [4.69, 9.17) is 10.8 Å². The molecule has 1 rings (SSSR count). The van der Waals surface area contributed by atoms with Crippen LogP contribution in [-0.2, 0) is 0 Å². The molecule has 0 saturated carbocycles. The van der Waals surface area contributed by atoms with Crippen LogP contribution >= 0.6 is 0 Å². The first kappa shape index (κ1) is 11.9. The van der Waals surface area contributed by atoms with Gasteiger partial charge in [0, 0.05) is 32.3 Å². The highest BCUT2D eigenvalue weighted by Gasteiger charge is 2.14. The fourth-order valence-electron chi connectivity index (χ4n) is 1.87. The Morgan fingerprint density at radius 3 is 2.79 bits per heavy atom. The Balaban J connectivity index is 2.22. The van der Waals surface area contributed by atoms with Crippen molar-refractivity contribution in [1.29, 1.82) is 0 Å². The maximum Gasteiger partial charge on any atom is 0.0446 e. The van der Waals surface area contributed by atoms with Gasteiger partial charge in [-0.2, -0.15) is 0 Å². The molecule has 84 valence electrons. The predicted molar refractivity (Wildman–Crippen MR) is 58.2 cm³/mol. The van der Waals surface area contributed by atoms with E-state index in [1.165, 1.54) is 13.0 Å². The Kier molecular flexibility index (Phi) is 5.40. The minimum absolute atomic E-state index is 0.128. The van der Waals surface area contributed by atoms with E-state index >= 15 is 0 Å². The molecule has 0 bridgehead atoms. The lowest BCUT2D eigenvalue weighted by atomic mass is 10.2. The minimum Gasteiger partial charge on any atom is -0.396 e. The van der Waals surface area contributed by atoms with Gasteiger partial charge >= 0.3 is 0 Å². The normalized spacial score (nSPS) is 23.4. The van der Waals surface area contributed by atoms with Crippen molar-refractivity contribution in [2.24, 2.45) is 5.73 Å². The second-order valence-electron chi connectivity index (χ2n) is 4.23. The number of nitrogens with two attached hydrogens (primary N) is 1. The SMILES string of the molecule is CN1CCCN(CC(N)CCO)CC1. The highest BCUT2D eigenvalue weighted by molar-refractivity contribution is 4.72. The molecule has 1 aliphatic heterocycles. The second kappa shape index (κ2) is 6.35. The number of hydrogen-bond acceptors (Lipinski definition) is 4. The Hall–Kier alpha value is -0.160. The number of hydrogen-bond donors (Lipinski definition) is 2. The first-order chi connectivity index (χ1) is 6.72. The van der Waals surface area contributed by atoms with Gasteiger partial charge in [-0.05, 0) is 33.0 Å². The molecule has 4 nitrogen and oxygen atoms in total. The molecule has 3 N–H and O–H groups in total. The quantitative estimate of drug-likeness (QED) is 0.634. The maximum atomic E-state index is 8.76. The van der Waals surface area contributed by atoms with Crippen LogP contribution in [0.1, 0.15) is 12.8 Å². The van der Waals surface area contributed by atoms with Gasteiger partial charge in [-0.15, -0.1) is 0 Å². The molecule has 4 heteroatoms.